The molecule has 1 aliphatic rings. The number of hydrogen-bond donors (Lipinski definition) is 1. The van der Waals surface area contributed by atoms with E-state index in [1.54, 1.807) is 0 Å². The van der Waals surface area contributed by atoms with Gasteiger partial charge in [-0.1, -0.05) is 41.4 Å². The fourth-order valence-electron chi connectivity index (χ4n) is 3.11. The number of anilines is 1. The summed E-state index contributed by atoms with van der Waals surface area (Å²) >= 11 is 11.9. The number of aliphatic hydroxyl groups is 1. The van der Waals surface area contributed by atoms with Crippen LogP contribution in [0.1, 0.15) is 5.56 Å². The van der Waals surface area contributed by atoms with Gasteiger partial charge in [-0.25, -0.2) is 0 Å². The molecule has 0 spiro atoms. The molecule has 0 bridgehead atoms. The Labute approximate surface area is 189 Å². The number of piperazine rings is 1. The summed E-state index contributed by atoms with van der Waals surface area (Å²) in [7, 11) is 0. The lowest BCUT2D eigenvalue weighted by molar-refractivity contribution is 0.00914. The smallest absolute Gasteiger partial charge is 0.0900 e. The molecule has 1 heterocycles. The Hall–Kier alpha value is -0.720. The van der Waals surface area contributed by atoms with Crippen LogP contribution in [0.3, 0.4) is 0 Å². The molecule has 0 saturated carbocycles. The van der Waals surface area contributed by atoms with Crippen molar-refractivity contribution in [3.8, 4) is 0 Å². The van der Waals surface area contributed by atoms with Gasteiger partial charge in [-0.3, -0.25) is 4.90 Å². The van der Waals surface area contributed by atoms with Crippen LogP contribution in [-0.4, -0.2) is 55.4 Å². The van der Waals surface area contributed by atoms with Gasteiger partial charge in [0.05, 0.1) is 19.3 Å². The molecular weight excluding hydrogens is 442 g/mol. The maximum Gasteiger partial charge on any atom is 0.0900 e. The summed E-state index contributed by atoms with van der Waals surface area (Å²) in [5, 5.41) is 11.7. The first-order valence-corrected chi connectivity index (χ1v) is 9.59. The molecule has 1 unspecified atom stereocenters. The van der Waals surface area contributed by atoms with Crippen LogP contribution in [-0.2, 0) is 11.3 Å². The Morgan fingerprint density at radius 1 is 0.929 bits per heavy atom. The molecule has 1 aliphatic heterocycles. The number of nitrogens with zero attached hydrogens (tertiary/aromatic N) is 2. The molecule has 4 nitrogen and oxygen atoms in total. The van der Waals surface area contributed by atoms with Gasteiger partial charge in [-0.15, -0.1) is 24.8 Å². The van der Waals surface area contributed by atoms with Crippen LogP contribution in [0.4, 0.5) is 5.69 Å². The van der Waals surface area contributed by atoms with Crippen LogP contribution in [0.5, 0.6) is 0 Å². The van der Waals surface area contributed by atoms with E-state index in [1.165, 1.54) is 0 Å². The monoisotopic (exact) mass is 466 g/mol. The average molecular weight is 468 g/mol. The van der Waals surface area contributed by atoms with E-state index in [4.69, 9.17) is 27.9 Å². The third-order valence-corrected chi connectivity index (χ3v) is 4.99. The number of benzene rings is 2. The summed E-state index contributed by atoms with van der Waals surface area (Å²) in [6, 6.07) is 15.5. The van der Waals surface area contributed by atoms with E-state index >= 15 is 0 Å². The van der Waals surface area contributed by atoms with Gasteiger partial charge >= 0.3 is 0 Å². The lowest BCUT2D eigenvalue weighted by atomic mass is 10.2. The second-order valence-electron chi connectivity index (χ2n) is 6.56. The Kier molecular flexibility index (Phi) is 11.5. The van der Waals surface area contributed by atoms with Crippen LogP contribution < -0.4 is 4.90 Å². The van der Waals surface area contributed by atoms with E-state index in [2.05, 4.69) is 15.9 Å². The van der Waals surface area contributed by atoms with E-state index in [0.717, 1.165) is 42.5 Å². The summed E-state index contributed by atoms with van der Waals surface area (Å²) < 4.78 is 5.62. The summed E-state index contributed by atoms with van der Waals surface area (Å²) in [6.07, 6.45) is -0.486. The van der Waals surface area contributed by atoms with Gasteiger partial charge < -0.3 is 14.7 Å². The number of hydrogen-bond acceptors (Lipinski definition) is 4. The van der Waals surface area contributed by atoms with Gasteiger partial charge in [0.2, 0.25) is 0 Å². The zero-order valence-electron chi connectivity index (χ0n) is 15.5. The van der Waals surface area contributed by atoms with Gasteiger partial charge in [0.25, 0.3) is 0 Å². The summed E-state index contributed by atoms with van der Waals surface area (Å²) in [4.78, 5) is 4.60. The second-order valence-corrected chi connectivity index (χ2v) is 7.44. The van der Waals surface area contributed by atoms with E-state index in [0.29, 0.717) is 24.8 Å². The molecule has 2 aromatic carbocycles. The van der Waals surface area contributed by atoms with E-state index in [-0.39, 0.29) is 24.8 Å². The maximum atomic E-state index is 10.2. The minimum Gasteiger partial charge on any atom is -0.389 e. The minimum atomic E-state index is -0.486. The highest BCUT2D eigenvalue weighted by atomic mass is 35.5. The zero-order valence-corrected chi connectivity index (χ0v) is 18.6. The van der Waals surface area contributed by atoms with Crippen molar-refractivity contribution in [1.29, 1.82) is 0 Å². The molecule has 1 N–H and O–H groups in total. The van der Waals surface area contributed by atoms with E-state index < -0.39 is 6.10 Å². The number of β-amino-alcohol motifs (C(OH)–C–C–N with tert-alkyl or cyclic N) is 1. The summed E-state index contributed by atoms with van der Waals surface area (Å²) in [5.41, 5.74) is 2.21. The fraction of sp³-hybridized carbons (Fsp3) is 0.400. The van der Waals surface area contributed by atoms with Crippen LogP contribution in [0.25, 0.3) is 0 Å². The van der Waals surface area contributed by atoms with E-state index in [9.17, 15) is 5.11 Å². The van der Waals surface area contributed by atoms with Crippen molar-refractivity contribution in [2.45, 2.75) is 12.7 Å². The molecule has 0 aliphatic carbocycles. The number of ether oxygens (including phenoxy) is 1. The molecule has 156 valence electrons. The van der Waals surface area contributed by atoms with Crippen LogP contribution >= 0.6 is 48.0 Å². The first kappa shape index (κ1) is 25.3. The number of halogens is 4. The van der Waals surface area contributed by atoms with Crippen molar-refractivity contribution in [2.24, 2.45) is 0 Å². The maximum absolute atomic E-state index is 10.2. The molecule has 0 amide bonds. The summed E-state index contributed by atoms with van der Waals surface area (Å²) in [5.74, 6) is 0. The normalized spacial score (nSPS) is 15.5. The molecule has 2 aromatic rings. The van der Waals surface area contributed by atoms with Crippen molar-refractivity contribution >= 4 is 53.7 Å². The molecule has 1 saturated heterocycles. The third kappa shape index (κ3) is 7.96. The van der Waals surface area contributed by atoms with Crippen molar-refractivity contribution in [3.05, 3.63) is 64.1 Å². The molecule has 0 radical (unpaired) electrons. The third-order valence-electron chi connectivity index (χ3n) is 4.51. The molecule has 8 heteroatoms. The number of aliphatic hydroxyl groups excluding tert-OH is 1. The average Bonchev–Trinajstić information content (AvgIpc) is 2.64. The van der Waals surface area contributed by atoms with Gasteiger partial charge in [0.15, 0.2) is 0 Å². The van der Waals surface area contributed by atoms with Crippen LogP contribution in [0.2, 0.25) is 10.0 Å². The molecular formula is C20H26Cl4N2O2. The Morgan fingerprint density at radius 3 is 2.25 bits per heavy atom. The highest BCUT2D eigenvalue weighted by molar-refractivity contribution is 6.31. The van der Waals surface area contributed by atoms with Crippen LogP contribution in [0, 0.1) is 0 Å². The summed E-state index contributed by atoms with van der Waals surface area (Å²) in [6.45, 7) is 5.14. The Morgan fingerprint density at radius 2 is 1.61 bits per heavy atom. The molecule has 3 rings (SSSR count). The first-order chi connectivity index (χ1) is 12.6. The Balaban J connectivity index is 0.00000196. The lowest BCUT2D eigenvalue weighted by Gasteiger charge is -2.36. The zero-order chi connectivity index (χ0) is 18.4. The predicted octanol–water partition coefficient (Wildman–Crippen LogP) is 4.54. The topological polar surface area (TPSA) is 35.9 Å². The standard InChI is InChI=1S/C20H24Cl2N2O2.2ClH/c21-17-6-4-16(5-7-17)14-26-15-20(25)13-23-8-10-24(11-9-23)19-3-1-2-18(22)12-19;;/h1-7,12,20,25H,8-11,13-15H2;2*1H. The SMILES string of the molecule is Cl.Cl.OC(COCc1ccc(Cl)cc1)CN1CCN(c2cccc(Cl)c2)CC1. The quantitative estimate of drug-likeness (QED) is 0.648. The van der Waals surface area contributed by atoms with Crippen molar-refractivity contribution in [1.82, 2.24) is 4.90 Å². The first-order valence-electron chi connectivity index (χ1n) is 8.83. The van der Waals surface area contributed by atoms with Gasteiger partial charge in [0.1, 0.15) is 0 Å². The molecule has 1 atom stereocenters. The van der Waals surface area contributed by atoms with Gasteiger partial charge in [0, 0.05) is 48.5 Å². The second kappa shape index (κ2) is 12.8. The highest BCUT2D eigenvalue weighted by Gasteiger charge is 2.19. The lowest BCUT2D eigenvalue weighted by Crippen LogP contribution is -2.49. The van der Waals surface area contributed by atoms with E-state index in [1.807, 2.05) is 42.5 Å². The fourth-order valence-corrected chi connectivity index (χ4v) is 3.42. The predicted molar refractivity (Wildman–Crippen MR) is 122 cm³/mol. The largest absolute Gasteiger partial charge is 0.389 e. The van der Waals surface area contributed by atoms with Crippen molar-refractivity contribution in [3.63, 3.8) is 0 Å². The highest BCUT2D eigenvalue weighted by Crippen LogP contribution is 2.20. The van der Waals surface area contributed by atoms with Gasteiger partial charge in [-0.2, -0.15) is 0 Å². The molecule has 0 aromatic heterocycles. The Bertz CT molecular complexity index is 695. The van der Waals surface area contributed by atoms with Crippen molar-refractivity contribution in [2.75, 3.05) is 44.2 Å². The molecule has 28 heavy (non-hydrogen) atoms. The van der Waals surface area contributed by atoms with Crippen LogP contribution in [0.15, 0.2) is 48.5 Å². The van der Waals surface area contributed by atoms with Gasteiger partial charge in [-0.05, 0) is 35.9 Å². The van der Waals surface area contributed by atoms with Crippen molar-refractivity contribution < 1.29 is 9.84 Å². The minimum absolute atomic E-state index is 0. The molecule has 1 fully saturated rings. The number of rotatable bonds is 7.